The van der Waals surface area contributed by atoms with Crippen LogP contribution in [0.2, 0.25) is 0 Å². The third kappa shape index (κ3) is 9.25. The zero-order valence-electron chi connectivity index (χ0n) is 17.8. The highest BCUT2D eigenvalue weighted by molar-refractivity contribution is 14.0. The lowest BCUT2D eigenvalue weighted by molar-refractivity contribution is 0.0827. The maximum absolute atomic E-state index is 12.2. The molecule has 30 heavy (non-hydrogen) atoms. The van der Waals surface area contributed by atoms with E-state index in [1.54, 1.807) is 19.0 Å². The van der Waals surface area contributed by atoms with E-state index >= 15 is 0 Å². The van der Waals surface area contributed by atoms with Crippen LogP contribution in [0.1, 0.15) is 28.4 Å². The van der Waals surface area contributed by atoms with Crippen molar-refractivity contribution in [1.29, 1.82) is 0 Å². The van der Waals surface area contributed by atoms with Crippen molar-refractivity contribution in [2.45, 2.75) is 19.2 Å². The van der Waals surface area contributed by atoms with Gasteiger partial charge in [-0.3, -0.25) is 9.00 Å². The van der Waals surface area contributed by atoms with Crippen LogP contribution in [0.15, 0.2) is 59.6 Å². The van der Waals surface area contributed by atoms with Crippen molar-refractivity contribution in [2.24, 2.45) is 4.99 Å². The minimum atomic E-state index is -0.924. The van der Waals surface area contributed by atoms with Crippen molar-refractivity contribution >= 4 is 46.6 Å². The first-order valence-corrected chi connectivity index (χ1v) is 11.2. The summed E-state index contributed by atoms with van der Waals surface area (Å²) in [5.41, 5.74) is 2.77. The van der Waals surface area contributed by atoms with E-state index < -0.39 is 10.8 Å². The van der Waals surface area contributed by atoms with E-state index in [1.165, 1.54) is 0 Å². The molecule has 0 saturated carbocycles. The fourth-order valence-electron chi connectivity index (χ4n) is 2.64. The van der Waals surface area contributed by atoms with Crippen LogP contribution in [0.25, 0.3) is 0 Å². The van der Waals surface area contributed by atoms with Gasteiger partial charge in [0.1, 0.15) is 0 Å². The second kappa shape index (κ2) is 14.1. The van der Waals surface area contributed by atoms with E-state index in [4.69, 9.17) is 0 Å². The third-order valence-electron chi connectivity index (χ3n) is 4.16. The topological polar surface area (TPSA) is 73.8 Å². The summed E-state index contributed by atoms with van der Waals surface area (Å²) in [6.07, 6.45) is 0. The first-order valence-electron chi connectivity index (χ1n) is 9.71. The number of benzene rings is 2. The van der Waals surface area contributed by atoms with Gasteiger partial charge >= 0.3 is 0 Å². The van der Waals surface area contributed by atoms with Crippen molar-refractivity contribution in [3.8, 4) is 0 Å². The summed E-state index contributed by atoms with van der Waals surface area (Å²) < 4.78 is 12.2. The highest BCUT2D eigenvalue weighted by atomic mass is 127. The molecule has 0 fully saturated rings. The molecule has 0 aliphatic rings. The molecule has 1 amide bonds. The molecule has 0 aliphatic carbocycles. The first kappa shape index (κ1) is 26.1. The lowest BCUT2D eigenvalue weighted by Crippen LogP contribution is -2.39. The average molecular weight is 542 g/mol. The van der Waals surface area contributed by atoms with Crippen LogP contribution in [-0.2, 0) is 23.1 Å². The molecule has 0 radical (unpaired) electrons. The summed E-state index contributed by atoms with van der Waals surface area (Å²) in [7, 11) is 2.55. The van der Waals surface area contributed by atoms with Crippen molar-refractivity contribution in [3.63, 3.8) is 0 Å². The van der Waals surface area contributed by atoms with Gasteiger partial charge in [0.15, 0.2) is 5.96 Å². The Bertz CT molecular complexity index is 827. The number of nitrogens with one attached hydrogen (secondary N) is 2. The Kier molecular flexibility index (Phi) is 12.3. The highest BCUT2D eigenvalue weighted by Crippen LogP contribution is 2.07. The fourth-order valence-corrected chi connectivity index (χ4v) is 3.68. The standard InChI is InChI=1S/C22H30N4O2S.HI/c1-4-23-22(24-14-15-29(28)17-19-8-6-5-7-9-19)25-16-18-10-12-20(13-11-18)21(27)26(2)3;/h5-13H,4,14-17H2,1-3H3,(H2,23,24,25);1H. The monoisotopic (exact) mass is 542 g/mol. The molecule has 1 unspecified atom stereocenters. The molecule has 0 heterocycles. The van der Waals surface area contributed by atoms with Gasteiger partial charge in [-0.15, -0.1) is 24.0 Å². The highest BCUT2D eigenvalue weighted by Gasteiger charge is 2.07. The average Bonchev–Trinajstić information content (AvgIpc) is 2.72. The molecule has 0 saturated heterocycles. The summed E-state index contributed by atoms with van der Waals surface area (Å²) in [6, 6.07) is 17.3. The van der Waals surface area contributed by atoms with E-state index in [-0.39, 0.29) is 29.9 Å². The van der Waals surface area contributed by atoms with Crippen LogP contribution >= 0.6 is 24.0 Å². The Morgan fingerprint density at radius 1 is 1.00 bits per heavy atom. The minimum Gasteiger partial charge on any atom is -0.357 e. The van der Waals surface area contributed by atoms with Crippen molar-refractivity contribution < 1.29 is 9.00 Å². The molecule has 2 aromatic carbocycles. The SMILES string of the molecule is CCNC(=NCc1ccc(C(=O)N(C)C)cc1)NCCS(=O)Cc1ccccc1.I. The van der Waals surface area contributed by atoms with E-state index in [1.807, 2.05) is 61.5 Å². The largest absolute Gasteiger partial charge is 0.357 e. The van der Waals surface area contributed by atoms with Crippen molar-refractivity contribution in [2.75, 3.05) is 32.9 Å². The number of guanidine groups is 1. The summed E-state index contributed by atoms with van der Waals surface area (Å²) in [4.78, 5) is 18.1. The molecule has 0 aromatic heterocycles. The maximum atomic E-state index is 12.2. The smallest absolute Gasteiger partial charge is 0.253 e. The predicted molar refractivity (Wildman–Crippen MR) is 136 cm³/mol. The van der Waals surface area contributed by atoms with Gasteiger partial charge in [0.2, 0.25) is 0 Å². The van der Waals surface area contributed by atoms with Crippen LogP contribution in [0.4, 0.5) is 0 Å². The lowest BCUT2D eigenvalue weighted by Gasteiger charge is -2.12. The molecule has 0 aliphatic heterocycles. The number of amides is 1. The Morgan fingerprint density at radius 2 is 1.67 bits per heavy atom. The molecule has 2 aromatic rings. The molecule has 0 spiro atoms. The van der Waals surface area contributed by atoms with Crippen LogP contribution in [0.5, 0.6) is 0 Å². The summed E-state index contributed by atoms with van der Waals surface area (Å²) in [6.45, 7) is 3.84. The predicted octanol–water partition coefficient (Wildman–Crippen LogP) is 3.01. The van der Waals surface area contributed by atoms with Gasteiger partial charge in [-0.05, 0) is 30.2 Å². The Labute approximate surface area is 199 Å². The molecule has 0 bridgehead atoms. The van der Waals surface area contributed by atoms with E-state index in [9.17, 15) is 9.00 Å². The number of hydrogen-bond donors (Lipinski definition) is 2. The summed E-state index contributed by atoms with van der Waals surface area (Å²) in [5.74, 6) is 1.80. The van der Waals surface area contributed by atoms with Crippen molar-refractivity contribution in [1.82, 2.24) is 15.5 Å². The number of nitrogens with zero attached hydrogens (tertiary/aromatic N) is 2. The molecular weight excluding hydrogens is 511 g/mol. The molecule has 1 atom stereocenters. The van der Waals surface area contributed by atoms with Gasteiger partial charge in [-0.2, -0.15) is 0 Å². The van der Waals surface area contributed by atoms with E-state index in [0.29, 0.717) is 36.1 Å². The molecule has 2 rings (SSSR count). The molecule has 2 N–H and O–H groups in total. The zero-order chi connectivity index (χ0) is 21.1. The van der Waals surface area contributed by atoms with Crippen LogP contribution in [0.3, 0.4) is 0 Å². The summed E-state index contributed by atoms with van der Waals surface area (Å²) in [5, 5.41) is 6.44. The normalized spacial score (nSPS) is 11.9. The lowest BCUT2D eigenvalue weighted by atomic mass is 10.1. The number of carbonyl (C=O) groups is 1. The van der Waals surface area contributed by atoms with Gasteiger partial charge in [-0.25, -0.2) is 4.99 Å². The second-order valence-corrected chi connectivity index (χ2v) is 8.37. The summed E-state index contributed by atoms with van der Waals surface area (Å²) >= 11 is 0. The molecular formula is C22H31IN4O2S. The van der Waals surface area contributed by atoms with Crippen LogP contribution < -0.4 is 10.6 Å². The molecule has 164 valence electrons. The minimum absolute atomic E-state index is 0. The number of halogens is 1. The number of aliphatic imine (C=N–C) groups is 1. The molecule has 6 nitrogen and oxygen atoms in total. The number of rotatable bonds is 9. The van der Waals surface area contributed by atoms with Gasteiger partial charge in [-0.1, -0.05) is 42.5 Å². The molecule has 8 heteroatoms. The Morgan fingerprint density at radius 3 is 2.27 bits per heavy atom. The third-order valence-corrected chi connectivity index (χ3v) is 5.48. The van der Waals surface area contributed by atoms with Gasteiger partial charge < -0.3 is 15.5 Å². The van der Waals surface area contributed by atoms with E-state index in [0.717, 1.165) is 17.7 Å². The van der Waals surface area contributed by atoms with Gasteiger partial charge in [0.05, 0.1) is 6.54 Å². The van der Waals surface area contributed by atoms with Crippen LogP contribution in [0, 0.1) is 0 Å². The van der Waals surface area contributed by atoms with Crippen LogP contribution in [-0.4, -0.2) is 53.9 Å². The number of hydrogen-bond acceptors (Lipinski definition) is 3. The first-order chi connectivity index (χ1) is 14.0. The maximum Gasteiger partial charge on any atom is 0.253 e. The Hall–Kier alpha value is -1.94. The second-order valence-electron chi connectivity index (χ2n) is 6.79. The zero-order valence-corrected chi connectivity index (χ0v) is 20.9. The quantitative estimate of drug-likeness (QED) is 0.291. The Balaban J connectivity index is 0.00000450. The van der Waals surface area contributed by atoms with Gasteiger partial charge in [0.25, 0.3) is 5.91 Å². The van der Waals surface area contributed by atoms with Crippen molar-refractivity contribution in [3.05, 3.63) is 71.3 Å². The van der Waals surface area contributed by atoms with E-state index in [2.05, 4.69) is 15.6 Å². The number of carbonyl (C=O) groups excluding carboxylic acids is 1. The van der Waals surface area contributed by atoms with Gasteiger partial charge in [0, 0.05) is 55.1 Å². The fraction of sp³-hybridized carbons (Fsp3) is 0.364.